The van der Waals surface area contributed by atoms with Gasteiger partial charge in [-0.3, -0.25) is 0 Å². The van der Waals surface area contributed by atoms with Crippen LogP contribution in [0.25, 0.3) is 0 Å². The summed E-state index contributed by atoms with van der Waals surface area (Å²) in [5.74, 6) is -1.22. The Hall–Kier alpha value is -1.83. The van der Waals surface area contributed by atoms with E-state index in [-0.39, 0.29) is 17.9 Å². The second-order valence-corrected chi connectivity index (χ2v) is 5.78. The van der Waals surface area contributed by atoms with Crippen molar-refractivity contribution in [2.75, 3.05) is 20.7 Å². The molecular formula is C17H24F4N2O2. The Kier molecular flexibility index (Phi) is 7.22. The zero-order valence-corrected chi connectivity index (χ0v) is 14.8. The minimum absolute atomic E-state index is 0.127. The van der Waals surface area contributed by atoms with Crippen LogP contribution in [-0.4, -0.2) is 43.2 Å². The van der Waals surface area contributed by atoms with Gasteiger partial charge in [0.15, 0.2) is 5.60 Å². The summed E-state index contributed by atoms with van der Waals surface area (Å²) in [5, 5.41) is 10.3. The van der Waals surface area contributed by atoms with E-state index in [1.807, 2.05) is 6.92 Å². The van der Waals surface area contributed by atoms with Crippen molar-refractivity contribution in [1.82, 2.24) is 4.90 Å². The van der Waals surface area contributed by atoms with Gasteiger partial charge in [-0.1, -0.05) is 19.8 Å². The van der Waals surface area contributed by atoms with Gasteiger partial charge in [-0.25, -0.2) is 9.38 Å². The monoisotopic (exact) mass is 364 g/mol. The molecule has 1 unspecified atom stereocenters. The van der Waals surface area contributed by atoms with Gasteiger partial charge in [0.05, 0.1) is 13.4 Å². The summed E-state index contributed by atoms with van der Waals surface area (Å²) in [6.07, 6.45) is -3.60. The van der Waals surface area contributed by atoms with Gasteiger partial charge in [0.1, 0.15) is 17.3 Å². The number of methoxy groups -OCH3 is 1. The lowest BCUT2D eigenvalue weighted by Gasteiger charge is -2.32. The molecule has 0 radical (unpaired) electrons. The van der Waals surface area contributed by atoms with Gasteiger partial charge in [0, 0.05) is 25.2 Å². The van der Waals surface area contributed by atoms with E-state index in [0.29, 0.717) is 19.0 Å². The molecule has 4 nitrogen and oxygen atoms in total. The number of ether oxygens (including phenoxy) is 1. The number of hydrogen-bond acceptors (Lipinski definition) is 3. The third kappa shape index (κ3) is 4.84. The van der Waals surface area contributed by atoms with Crippen molar-refractivity contribution in [3.05, 3.63) is 23.5 Å². The van der Waals surface area contributed by atoms with Crippen LogP contribution in [-0.2, 0) is 5.60 Å². The van der Waals surface area contributed by atoms with E-state index < -0.39 is 29.6 Å². The number of aliphatic hydroxyl groups is 1. The molecule has 0 spiro atoms. The fourth-order valence-electron chi connectivity index (χ4n) is 2.24. The standard InChI is InChI=1S/C17H24F4N2O2/c1-5-7-8-16(24,17(19,20)21)12-9-13(18)14(10-15(12)25-4)22-11-23(3)6-2/h9-11,24H,5-8H2,1-4H3/b22-11+. The van der Waals surface area contributed by atoms with Gasteiger partial charge in [0.2, 0.25) is 0 Å². The Bertz CT molecular complexity index is 605. The second-order valence-electron chi connectivity index (χ2n) is 5.78. The van der Waals surface area contributed by atoms with Crippen LogP contribution in [0.1, 0.15) is 38.7 Å². The minimum atomic E-state index is -4.96. The van der Waals surface area contributed by atoms with Crippen LogP contribution in [0, 0.1) is 5.82 Å². The van der Waals surface area contributed by atoms with E-state index in [1.165, 1.54) is 13.4 Å². The van der Waals surface area contributed by atoms with Crippen LogP contribution in [0.4, 0.5) is 23.2 Å². The van der Waals surface area contributed by atoms with Crippen LogP contribution in [0.2, 0.25) is 0 Å². The smallest absolute Gasteiger partial charge is 0.421 e. The maximum absolute atomic E-state index is 14.3. The van der Waals surface area contributed by atoms with Crippen LogP contribution in [0.15, 0.2) is 17.1 Å². The van der Waals surface area contributed by atoms with Gasteiger partial charge >= 0.3 is 6.18 Å². The molecule has 0 saturated carbocycles. The molecule has 0 aliphatic carbocycles. The lowest BCUT2D eigenvalue weighted by molar-refractivity contribution is -0.270. The first-order valence-corrected chi connectivity index (χ1v) is 8.02. The molecule has 0 aliphatic rings. The molecule has 1 N–H and O–H groups in total. The predicted octanol–water partition coefficient (Wildman–Crippen LogP) is 4.39. The first kappa shape index (κ1) is 21.2. The van der Waals surface area contributed by atoms with Gasteiger partial charge in [-0.15, -0.1) is 0 Å². The Morgan fingerprint density at radius 2 is 1.92 bits per heavy atom. The van der Waals surface area contributed by atoms with Crippen molar-refractivity contribution in [1.29, 1.82) is 0 Å². The maximum Gasteiger partial charge on any atom is 0.421 e. The quantitative estimate of drug-likeness (QED) is 0.423. The number of rotatable bonds is 8. The molecule has 25 heavy (non-hydrogen) atoms. The average Bonchev–Trinajstić information content (AvgIpc) is 2.56. The molecule has 8 heteroatoms. The fourth-order valence-corrected chi connectivity index (χ4v) is 2.24. The van der Waals surface area contributed by atoms with Gasteiger partial charge in [-0.2, -0.15) is 13.2 Å². The highest BCUT2D eigenvalue weighted by atomic mass is 19.4. The first-order valence-electron chi connectivity index (χ1n) is 8.02. The van der Waals surface area contributed by atoms with Crippen molar-refractivity contribution < 1.29 is 27.4 Å². The van der Waals surface area contributed by atoms with Gasteiger partial charge in [0.25, 0.3) is 0 Å². The Labute approximate surface area is 145 Å². The highest BCUT2D eigenvalue weighted by Crippen LogP contribution is 2.47. The van der Waals surface area contributed by atoms with E-state index in [4.69, 9.17) is 4.74 Å². The van der Waals surface area contributed by atoms with E-state index in [2.05, 4.69) is 4.99 Å². The third-order valence-corrected chi connectivity index (χ3v) is 3.97. The largest absolute Gasteiger partial charge is 0.496 e. The Morgan fingerprint density at radius 1 is 1.28 bits per heavy atom. The van der Waals surface area contributed by atoms with E-state index in [1.54, 1.807) is 18.9 Å². The first-order chi connectivity index (χ1) is 11.6. The Morgan fingerprint density at radius 3 is 2.40 bits per heavy atom. The molecule has 0 bridgehead atoms. The summed E-state index contributed by atoms with van der Waals surface area (Å²) < 4.78 is 59.8. The molecular weight excluding hydrogens is 340 g/mol. The molecule has 0 aromatic heterocycles. The molecule has 1 rings (SSSR count). The molecule has 0 amide bonds. The second kappa shape index (κ2) is 8.51. The molecule has 0 heterocycles. The summed E-state index contributed by atoms with van der Waals surface area (Å²) in [4.78, 5) is 5.59. The molecule has 0 fully saturated rings. The maximum atomic E-state index is 14.3. The third-order valence-electron chi connectivity index (χ3n) is 3.97. The SMILES string of the molecule is CCCCC(O)(c1cc(F)c(/N=C/N(C)CC)cc1OC)C(F)(F)F. The lowest BCUT2D eigenvalue weighted by Crippen LogP contribution is -2.42. The number of benzene rings is 1. The fraction of sp³-hybridized carbons (Fsp3) is 0.588. The number of halogens is 4. The summed E-state index contributed by atoms with van der Waals surface area (Å²) in [6, 6.07) is 1.72. The number of unbranched alkanes of at least 4 members (excludes halogenated alkanes) is 1. The van der Waals surface area contributed by atoms with Crippen molar-refractivity contribution in [3.8, 4) is 5.75 Å². The molecule has 1 aromatic rings. The number of nitrogens with zero attached hydrogens (tertiary/aromatic N) is 2. The predicted molar refractivity (Wildman–Crippen MR) is 88.9 cm³/mol. The van der Waals surface area contributed by atoms with Crippen molar-refractivity contribution in [2.45, 2.75) is 44.9 Å². The van der Waals surface area contributed by atoms with Crippen LogP contribution in [0.5, 0.6) is 5.75 Å². The molecule has 142 valence electrons. The highest BCUT2D eigenvalue weighted by Gasteiger charge is 2.55. The lowest BCUT2D eigenvalue weighted by atomic mass is 9.87. The Balaban J connectivity index is 3.43. The summed E-state index contributed by atoms with van der Waals surface area (Å²) in [5.41, 5.74) is -3.99. The van der Waals surface area contributed by atoms with E-state index in [9.17, 15) is 22.7 Å². The average molecular weight is 364 g/mol. The van der Waals surface area contributed by atoms with Crippen LogP contribution < -0.4 is 4.74 Å². The van der Waals surface area contributed by atoms with Crippen molar-refractivity contribution in [2.24, 2.45) is 4.99 Å². The normalized spacial score (nSPS) is 14.6. The molecule has 0 saturated heterocycles. The number of hydrogen-bond donors (Lipinski definition) is 1. The number of alkyl halides is 3. The van der Waals surface area contributed by atoms with Crippen molar-refractivity contribution >= 4 is 12.0 Å². The van der Waals surface area contributed by atoms with Gasteiger partial charge < -0.3 is 14.7 Å². The molecule has 1 aromatic carbocycles. The van der Waals surface area contributed by atoms with Gasteiger partial charge in [-0.05, 0) is 19.4 Å². The summed E-state index contributed by atoms with van der Waals surface area (Å²) >= 11 is 0. The molecule has 1 atom stereocenters. The highest BCUT2D eigenvalue weighted by molar-refractivity contribution is 5.63. The van der Waals surface area contributed by atoms with E-state index >= 15 is 0 Å². The number of aliphatic imine (C=N–C) groups is 1. The summed E-state index contributed by atoms with van der Waals surface area (Å²) in [6.45, 7) is 4.20. The minimum Gasteiger partial charge on any atom is -0.496 e. The topological polar surface area (TPSA) is 45.1 Å². The summed E-state index contributed by atoms with van der Waals surface area (Å²) in [7, 11) is 2.89. The zero-order chi connectivity index (χ0) is 19.3. The van der Waals surface area contributed by atoms with Crippen LogP contribution >= 0.6 is 0 Å². The molecule has 0 aliphatic heterocycles. The van der Waals surface area contributed by atoms with Crippen LogP contribution in [0.3, 0.4) is 0 Å². The van der Waals surface area contributed by atoms with Crippen molar-refractivity contribution in [3.63, 3.8) is 0 Å². The van der Waals surface area contributed by atoms with E-state index in [0.717, 1.165) is 6.07 Å². The zero-order valence-electron chi connectivity index (χ0n) is 14.8.